The molecule has 0 aromatic heterocycles. The third kappa shape index (κ3) is 7.18. The molecule has 2 rings (SSSR count). The molecular weight excluding hydrogens is 456 g/mol. The fourth-order valence-corrected chi connectivity index (χ4v) is 2.66. The molecule has 0 unspecified atom stereocenters. The highest BCUT2D eigenvalue weighted by Crippen LogP contribution is 2.30. The molecule has 1 N–H and O–H groups in total. The number of aryl methyl sites for hydroxylation is 1. The molecule has 8 heteroatoms. The van der Waals surface area contributed by atoms with Gasteiger partial charge >= 0.3 is 6.18 Å². The van der Waals surface area contributed by atoms with Gasteiger partial charge < -0.3 is 0 Å². The van der Waals surface area contributed by atoms with Gasteiger partial charge in [-0.2, -0.15) is 21.6 Å². The van der Waals surface area contributed by atoms with Crippen molar-refractivity contribution in [2.24, 2.45) is 0 Å². The van der Waals surface area contributed by atoms with Crippen molar-refractivity contribution in [3.05, 3.63) is 63.2 Å². The fourth-order valence-electron chi connectivity index (χ4n) is 1.77. The summed E-state index contributed by atoms with van der Waals surface area (Å²) in [6, 6.07) is 11.6. The quantitative estimate of drug-likeness (QED) is 0.494. The van der Waals surface area contributed by atoms with E-state index in [1.807, 2.05) is 0 Å². The second-order valence-corrected chi connectivity index (χ2v) is 7.54. The first kappa shape index (κ1) is 20.9. The number of halogens is 4. The molecule has 3 nitrogen and oxygen atoms in total. The lowest BCUT2D eigenvalue weighted by Crippen LogP contribution is -2.07. The number of hydrogen-bond acceptors (Lipinski definition) is 2. The Bertz CT molecular complexity index is 757. The smallest absolute Gasteiger partial charge is 0.282 e. The van der Waals surface area contributed by atoms with E-state index < -0.39 is 26.8 Å². The molecule has 0 radical (unpaired) electrons. The number of alkyl halides is 3. The van der Waals surface area contributed by atoms with Crippen LogP contribution in [-0.4, -0.2) is 13.0 Å². The molecule has 0 aliphatic rings. The Kier molecular flexibility index (Phi) is 7.68. The molecule has 0 atom stereocenters. The average Bonchev–Trinajstić information content (AvgIpc) is 2.49. The van der Waals surface area contributed by atoms with Gasteiger partial charge in [0.25, 0.3) is 10.1 Å². The van der Waals surface area contributed by atoms with Crippen molar-refractivity contribution in [3.63, 3.8) is 0 Å². The lowest BCUT2D eigenvalue weighted by atomic mass is 10.1. The third-order valence-corrected chi connectivity index (χ3v) is 4.48. The zero-order valence-electron chi connectivity index (χ0n) is 12.7. The Labute approximate surface area is 152 Å². The normalized spacial score (nSPS) is 11.6. The summed E-state index contributed by atoms with van der Waals surface area (Å²) >= 11 is 2.32. The summed E-state index contributed by atoms with van der Waals surface area (Å²) in [4.78, 5) is -0.771. The lowest BCUT2D eigenvalue weighted by Gasteiger charge is -2.06. The molecule has 132 valence electrons. The van der Waals surface area contributed by atoms with Gasteiger partial charge in [0.05, 0.1) is 10.5 Å². The summed E-state index contributed by atoms with van der Waals surface area (Å²) in [5.41, 5.74) is 0.329. The van der Waals surface area contributed by atoms with Crippen molar-refractivity contribution in [2.75, 3.05) is 0 Å². The first-order valence-electron chi connectivity index (χ1n) is 6.93. The predicted molar refractivity (Wildman–Crippen MR) is 94.4 cm³/mol. The van der Waals surface area contributed by atoms with Crippen LogP contribution >= 0.6 is 22.6 Å². The molecule has 0 heterocycles. The molecule has 2 aromatic rings. The van der Waals surface area contributed by atoms with E-state index in [1.165, 1.54) is 22.0 Å². The molecule has 0 saturated carbocycles. The first-order valence-corrected chi connectivity index (χ1v) is 9.45. The van der Waals surface area contributed by atoms with Gasteiger partial charge in [-0.25, -0.2) is 0 Å². The maximum absolute atomic E-state index is 12.1. The fraction of sp³-hybridized carbons (Fsp3) is 0.250. The standard InChI is InChI=1S/C9H11I.C7H5F3O3S/c1-2-3-8-4-6-9(10)7-5-8;8-7(9,10)5-2-1-3-6(4-5)14(11,12)13/h4-7H,2-3H2,1H3;1-4H,(H,11,12,13). The van der Waals surface area contributed by atoms with Gasteiger partial charge in [0.2, 0.25) is 0 Å². The second kappa shape index (κ2) is 8.82. The molecule has 0 amide bonds. The summed E-state index contributed by atoms with van der Waals surface area (Å²) in [6.07, 6.45) is -2.18. The molecule has 0 spiro atoms. The SMILES string of the molecule is CCCc1ccc(I)cc1.O=S(=O)(O)c1cccc(C(F)(F)F)c1. The van der Waals surface area contributed by atoms with Crippen LogP contribution in [-0.2, 0) is 22.7 Å². The van der Waals surface area contributed by atoms with Crippen molar-refractivity contribution in [1.29, 1.82) is 0 Å². The number of rotatable bonds is 3. The zero-order chi connectivity index (χ0) is 18.4. The van der Waals surface area contributed by atoms with Crippen LogP contribution in [0.5, 0.6) is 0 Å². The third-order valence-electron chi connectivity index (χ3n) is 2.91. The zero-order valence-corrected chi connectivity index (χ0v) is 15.7. The van der Waals surface area contributed by atoms with E-state index >= 15 is 0 Å². The predicted octanol–water partition coefficient (Wildman–Crippen LogP) is 5.20. The minimum absolute atomic E-state index is 0.370. The van der Waals surface area contributed by atoms with E-state index in [9.17, 15) is 21.6 Å². The van der Waals surface area contributed by atoms with Crippen LogP contribution in [0.4, 0.5) is 13.2 Å². The van der Waals surface area contributed by atoms with Gasteiger partial charge in [-0.1, -0.05) is 31.5 Å². The molecule has 0 aliphatic carbocycles. The first-order chi connectivity index (χ1) is 11.0. The lowest BCUT2D eigenvalue weighted by molar-refractivity contribution is -0.137. The van der Waals surface area contributed by atoms with Crippen LogP contribution in [0, 0.1) is 3.57 Å². The Balaban J connectivity index is 0.000000254. The Morgan fingerprint density at radius 2 is 1.67 bits per heavy atom. The Hall–Kier alpha value is -1.13. The molecule has 0 aliphatic heterocycles. The van der Waals surface area contributed by atoms with E-state index in [0.29, 0.717) is 12.1 Å². The number of benzene rings is 2. The van der Waals surface area contributed by atoms with Crippen LogP contribution in [0.15, 0.2) is 53.4 Å². The van der Waals surface area contributed by atoms with E-state index in [-0.39, 0.29) is 0 Å². The van der Waals surface area contributed by atoms with E-state index in [4.69, 9.17) is 4.55 Å². The monoisotopic (exact) mass is 472 g/mol. The highest BCUT2D eigenvalue weighted by molar-refractivity contribution is 14.1. The van der Waals surface area contributed by atoms with Gasteiger partial charge in [0, 0.05) is 3.57 Å². The molecule has 0 fully saturated rings. The van der Waals surface area contributed by atoms with Gasteiger partial charge in [-0.15, -0.1) is 0 Å². The second-order valence-electron chi connectivity index (χ2n) is 4.88. The van der Waals surface area contributed by atoms with E-state index in [1.54, 1.807) is 0 Å². The van der Waals surface area contributed by atoms with Crippen molar-refractivity contribution < 1.29 is 26.1 Å². The van der Waals surface area contributed by atoms with Crippen LogP contribution in [0.3, 0.4) is 0 Å². The van der Waals surface area contributed by atoms with Gasteiger partial charge in [-0.05, 0) is 64.9 Å². The topological polar surface area (TPSA) is 54.4 Å². The Morgan fingerprint density at radius 3 is 2.12 bits per heavy atom. The van der Waals surface area contributed by atoms with Crippen molar-refractivity contribution >= 4 is 32.7 Å². The minimum atomic E-state index is -4.62. The van der Waals surface area contributed by atoms with E-state index in [0.717, 1.165) is 12.1 Å². The summed E-state index contributed by atoms with van der Waals surface area (Å²) in [6.45, 7) is 2.21. The van der Waals surface area contributed by atoms with Crippen LogP contribution < -0.4 is 0 Å². The molecule has 0 saturated heterocycles. The van der Waals surface area contributed by atoms with Gasteiger partial charge in [0.1, 0.15) is 0 Å². The summed E-state index contributed by atoms with van der Waals surface area (Å²) < 4.78 is 67.0. The molecule has 24 heavy (non-hydrogen) atoms. The highest BCUT2D eigenvalue weighted by Gasteiger charge is 2.31. The largest absolute Gasteiger partial charge is 0.416 e. The van der Waals surface area contributed by atoms with Gasteiger partial charge in [-0.3, -0.25) is 4.55 Å². The maximum Gasteiger partial charge on any atom is 0.416 e. The molecular formula is C16H16F3IO3S. The van der Waals surface area contributed by atoms with Crippen LogP contribution in [0.1, 0.15) is 24.5 Å². The maximum atomic E-state index is 12.1. The van der Waals surface area contributed by atoms with Crippen molar-refractivity contribution in [1.82, 2.24) is 0 Å². The Morgan fingerprint density at radius 1 is 1.08 bits per heavy atom. The summed E-state index contributed by atoms with van der Waals surface area (Å²) in [5, 5.41) is 0. The minimum Gasteiger partial charge on any atom is -0.282 e. The highest BCUT2D eigenvalue weighted by atomic mass is 127. The van der Waals surface area contributed by atoms with Crippen LogP contribution in [0.2, 0.25) is 0 Å². The summed E-state index contributed by atoms with van der Waals surface area (Å²) in [7, 11) is -4.59. The van der Waals surface area contributed by atoms with E-state index in [2.05, 4.69) is 53.8 Å². The molecule has 2 aromatic carbocycles. The van der Waals surface area contributed by atoms with Crippen LogP contribution in [0.25, 0.3) is 0 Å². The van der Waals surface area contributed by atoms with Crippen molar-refractivity contribution in [3.8, 4) is 0 Å². The number of hydrogen-bond donors (Lipinski definition) is 1. The van der Waals surface area contributed by atoms with Crippen molar-refractivity contribution in [2.45, 2.75) is 30.8 Å². The summed E-state index contributed by atoms with van der Waals surface area (Å²) in [5.74, 6) is 0. The molecule has 0 bridgehead atoms. The average molecular weight is 472 g/mol. The van der Waals surface area contributed by atoms with Gasteiger partial charge in [0.15, 0.2) is 0 Å².